The van der Waals surface area contributed by atoms with E-state index in [1.807, 2.05) is 0 Å². The van der Waals surface area contributed by atoms with Gasteiger partial charge in [-0.1, -0.05) is 19.0 Å². The molecular formula is C7H12N2O2S. The Balaban J connectivity index is 2.34. The molecule has 12 heavy (non-hydrogen) atoms. The van der Waals surface area contributed by atoms with Crippen LogP contribution in [0, 0.1) is 0 Å². The number of carbonyl (C=O) groups is 2. The molecule has 0 aromatic heterocycles. The summed E-state index contributed by atoms with van der Waals surface area (Å²) in [7, 11) is 0. The van der Waals surface area contributed by atoms with Gasteiger partial charge >= 0.3 is 0 Å². The fourth-order valence-corrected chi connectivity index (χ4v) is 1.38. The van der Waals surface area contributed by atoms with E-state index < -0.39 is 5.24 Å². The lowest BCUT2D eigenvalue weighted by Crippen LogP contribution is -2.47. The van der Waals surface area contributed by atoms with Gasteiger partial charge in [0.2, 0.25) is 5.91 Å². The highest BCUT2D eigenvalue weighted by Gasteiger charge is 2.20. The Morgan fingerprint density at radius 3 is 2.67 bits per heavy atom. The number of piperidine rings is 1. The number of imide groups is 1. The van der Waals surface area contributed by atoms with Crippen molar-refractivity contribution in [1.82, 2.24) is 10.6 Å². The molecule has 1 heterocycles. The molecule has 1 aliphatic rings. The van der Waals surface area contributed by atoms with E-state index in [1.165, 1.54) is 0 Å². The van der Waals surface area contributed by atoms with Crippen LogP contribution in [0.4, 0.5) is 4.79 Å². The molecular weight excluding hydrogens is 176 g/mol. The van der Waals surface area contributed by atoms with Crippen molar-refractivity contribution in [2.75, 3.05) is 6.54 Å². The van der Waals surface area contributed by atoms with E-state index in [-0.39, 0.29) is 11.9 Å². The summed E-state index contributed by atoms with van der Waals surface area (Å²) in [5.74, 6) is -0.269. The Kier molecular flexibility index (Phi) is 3.55. The fraction of sp³-hybridized carbons (Fsp3) is 0.714. The van der Waals surface area contributed by atoms with Crippen LogP contribution in [0.1, 0.15) is 19.3 Å². The van der Waals surface area contributed by atoms with Crippen LogP contribution in [0.15, 0.2) is 0 Å². The maximum absolute atomic E-state index is 11.2. The molecule has 1 saturated heterocycles. The van der Waals surface area contributed by atoms with E-state index in [1.54, 1.807) is 0 Å². The molecule has 1 aliphatic heterocycles. The number of amides is 2. The molecule has 1 unspecified atom stereocenters. The summed E-state index contributed by atoms with van der Waals surface area (Å²) >= 11 is 3.46. The van der Waals surface area contributed by atoms with Gasteiger partial charge in [0.05, 0.1) is 6.04 Å². The van der Waals surface area contributed by atoms with Crippen molar-refractivity contribution in [2.24, 2.45) is 0 Å². The maximum Gasteiger partial charge on any atom is 0.282 e. The molecule has 1 fully saturated rings. The average molecular weight is 188 g/mol. The lowest BCUT2D eigenvalue weighted by Gasteiger charge is -2.21. The van der Waals surface area contributed by atoms with Gasteiger partial charge in [-0.3, -0.25) is 14.9 Å². The molecule has 0 aromatic rings. The minimum Gasteiger partial charge on any atom is -0.306 e. The minimum absolute atomic E-state index is 0.213. The quantitative estimate of drug-likeness (QED) is 0.518. The van der Waals surface area contributed by atoms with Crippen LogP contribution < -0.4 is 10.6 Å². The van der Waals surface area contributed by atoms with Gasteiger partial charge in [-0.15, -0.1) is 0 Å². The van der Waals surface area contributed by atoms with Crippen LogP contribution in [-0.2, 0) is 4.79 Å². The molecule has 2 amide bonds. The SMILES string of the molecule is O=C(S)NC(=O)C1CCCCN1. The van der Waals surface area contributed by atoms with Gasteiger partial charge in [0.15, 0.2) is 0 Å². The Hall–Kier alpha value is -0.550. The van der Waals surface area contributed by atoms with Crippen LogP contribution >= 0.6 is 12.6 Å². The van der Waals surface area contributed by atoms with Crippen LogP contribution in [0.5, 0.6) is 0 Å². The first kappa shape index (κ1) is 9.54. The topological polar surface area (TPSA) is 58.2 Å². The fourth-order valence-electron chi connectivity index (χ4n) is 1.27. The van der Waals surface area contributed by atoms with E-state index in [0.717, 1.165) is 25.8 Å². The van der Waals surface area contributed by atoms with Crippen LogP contribution in [0.25, 0.3) is 0 Å². The highest BCUT2D eigenvalue weighted by molar-refractivity contribution is 7.96. The van der Waals surface area contributed by atoms with Crippen molar-refractivity contribution >= 4 is 23.8 Å². The molecule has 0 aliphatic carbocycles. The van der Waals surface area contributed by atoms with Gasteiger partial charge < -0.3 is 5.32 Å². The lowest BCUT2D eigenvalue weighted by molar-refractivity contribution is -0.122. The molecule has 68 valence electrons. The van der Waals surface area contributed by atoms with Gasteiger partial charge in [-0.2, -0.15) is 0 Å². The summed E-state index contributed by atoms with van der Waals surface area (Å²) in [6, 6.07) is -0.213. The molecule has 1 atom stereocenters. The first-order chi connectivity index (χ1) is 5.70. The first-order valence-electron chi connectivity index (χ1n) is 3.97. The molecule has 1 rings (SSSR count). The standard InChI is InChI=1S/C7H12N2O2S/c10-6(9-7(11)12)5-3-1-2-4-8-5/h5,8H,1-4H2,(H2,9,10,11,12). The van der Waals surface area contributed by atoms with E-state index in [4.69, 9.17) is 0 Å². The highest BCUT2D eigenvalue weighted by atomic mass is 32.1. The van der Waals surface area contributed by atoms with Crippen molar-refractivity contribution < 1.29 is 9.59 Å². The van der Waals surface area contributed by atoms with Gasteiger partial charge in [0, 0.05) is 0 Å². The lowest BCUT2D eigenvalue weighted by atomic mass is 10.0. The number of nitrogens with one attached hydrogen (secondary N) is 2. The Bertz CT molecular complexity index is 190. The summed E-state index contributed by atoms with van der Waals surface area (Å²) in [4.78, 5) is 21.6. The third-order valence-corrected chi connectivity index (χ3v) is 1.97. The predicted octanol–water partition coefficient (Wildman–Crippen LogP) is 0.294. The summed E-state index contributed by atoms with van der Waals surface area (Å²) in [6.45, 7) is 0.846. The van der Waals surface area contributed by atoms with Gasteiger partial charge in [0.1, 0.15) is 0 Å². The summed E-state index contributed by atoms with van der Waals surface area (Å²) in [6.07, 6.45) is 2.93. The van der Waals surface area contributed by atoms with Gasteiger partial charge in [-0.25, -0.2) is 0 Å². The molecule has 0 bridgehead atoms. The zero-order chi connectivity index (χ0) is 8.97. The molecule has 4 nitrogen and oxygen atoms in total. The third-order valence-electron chi connectivity index (χ3n) is 1.86. The second-order valence-electron chi connectivity index (χ2n) is 2.80. The van der Waals surface area contributed by atoms with Gasteiger partial charge in [0.25, 0.3) is 5.24 Å². The molecule has 5 heteroatoms. The number of rotatable bonds is 1. The van der Waals surface area contributed by atoms with E-state index >= 15 is 0 Å². The monoisotopic (exact) mass is 188 g/mol. The van der Waals surface area contributed by atoms with Crippen LogP contribution in [0.3, 0.4) is 0 Å². The number of hydrogen-bond donors (Lipinski definition) is 3. The molecule has 2 N–H and O–H groups in total. The number of hydrogen-bond acceptors (Lipinski definition) is 3. The van der Waals surface area contributed by atoms with Crippen molar-refractivity contribution in [2.45, 2.75) is 25.3 Å². The smallest absolute Gasteiger partial charge is 0.282 e. The number of carbonyl (C=O) groups excluding carboxylic acids is 2. The Morgan fingerprint density at radius 1 is 1.42 bits per heavy atom. The highest BCUT2D eigenvalue weighted by Crippen LogP contribution is 2.06. The minimum atomic E-state index is -0.590. The normalized spacial score (nSPS) is 23.2. The molecule has 0 spiro atoms. The first-order valence-corrected chi connectivity index (χ1v) is 4.42. The van der Waals surface area contributed by atoms with Crippen molar-refractivity contribution in [3.63, 3.8) is 0 Å². The summed E-state index contributed by atoms with van der Waals surface area (Å²) < 4.78 is 0. The Labute approximate surface area is 76.5 Å². The Morgan fingerprint density at radius 2 is 2.17 bits per heavy atom. The average Bonchev–Trinajstić information content (AvgIpc) is 2.05. The van der Waals surface area contributed by atoms with Crippen molar-refractivity contribution in [3.8, 4) is 0 Å². The molecule has 0 radical (unpaired) electrons. The molecule has 0 saturated carbocycles. The van der Waals surface area contributed by atoms with Crippen molar-refractivity contribution in [3.05, 3.63) is 0 Å². The van der Waals surface area contributed by atoms with Crippen LogP contribution in [0.2, 0.25) is 0 Å². The zero-order valence-electron chi connectivity index (χ0n) is 6.67. The molecule has 0 aromatic carbocycles. The second-order valence-corrected chi connectivity index (χ2v) is 3.20. The summed E-state index contributed by atoms with van der Waals surface area (Å²) in [5.41, 5.74) is 0. The number of thiol groups is 1. The van der Waals surface area contributed by atoms with E-state index in [2.05, 4.69) is 23.3 Å². The third kappa shape index (κ3) is 2.83. The van der Waals surface area contributed by atoms with Gasteiger partial charge in [-0.05, 0) is 19.4 Å². The predicted molar refractivity (Wildman–Crippen MR) is 48.2 cm³/mol. The van der Waals surface area contributed by atoms with Crippen molar-refractivity contribution in [1.29, 1.82) is 0 Å². The second kappa shape index (κ2) is 4.47. The van der Waals surface area contributed by atoms with E-state index in [9.17, 15) is 9.59 Å². The largest absolute Gasteiger partial charge is 0.306 e. The zero-order valence-corrected chi connectivity index (χ0v) is 7.56. The maximum atomic E-state index is 11.2. The van der Waals surface area contributed by atoms with E-state index in [0.29, 0.717) is 0 Å². The van der Waals surface area contributed by atoms with Crippen LogP contribution in [-0.4, -0.2) is 23.7 Å². The summed E-state index contributed by atoms with van der Waals surface area (Å²) in [5, 5.41) is 4.57.